The van der Waals surface area contributed by atoms with Crippen LogP contribution < -0.4 is 5.73 Å². The van der Waals surface area contributed by atoms with Gasteiger partial charge in [0.2, 0.25) is 5.91 Å². The van der Waals surface area contributed by atoms with E-state index in [4.69, 9.17) is 10.5 Å². The molecule has 1 amide bonds. The monoisotopic (exact) mass is 292 g/mol. The average Bonchev–Trinajstić information content (AvgIpc) is 2.27. The van der Waals surface area contributed by atoms with Crippen molar-refractivity contribution in [1.82, 2.24) is 4.90 Å². The van der Waals surface area contributed by atoms with E-state index in [9.17, 15) is 4.79 Å². The van der Waals surface area contributed by atoms with Crippen LogP contribution in [0, 0.1) is 10.8 Å². The Hall–Kier alpha value is -0.320. The highest BCUT2D eigenvalue weighted by atomic mass is 35.5. The lowest BCUT2D eigenvalue weighted by atomic mass is 9.65. The summed E-state index contributed by atoms with van der Waals surface area (Å²) in [5, 5.41) is 0. The van der Waals surface area contributed by atoms with Crippen molar-refractivity contribution >= 4 is 18.3 Å². The molecule has 2 N–H and O–H groups in total. The van der Waals surface area contributed by atoms with Crippen molar-refractivity contribution in [2.75, 3.05) is 33.9 Å². The van der Waals surface area contributed by atoms with Gasteiger partial charge in [0, 0.05) is 27.3 Å². The highest BCUT2D eigenvalue weighted by Gasteiger charge is 2.45. The lowest BCUT2D eigenvalue weighted by Crippen LogP contribution is -2.50. The second-order valence-electron chi connectivity index (χ2n) is 6.41. The topological polar surface area (TPSA) is 55.6 Å². The van der Waals surface area contributed by atoms with Crippen molar-refractivity contribution in [3.05, 3.63) is 0 Å². The zero-order chi connectivity index (χ0) is 13.8. The molecule has 19 heavy (non-hydrogen) atoms. The molecule has 0 unspecified atom stereocenters. The predicted octanol–water partition coefficient (Wildman–Crippen LogP) is 2.06. The maximum atomic E-state index is 12.6. The van der Waals surface area contributed by atoms with Crippen LogP contribution in [-0.4, -0.2) is 44.7 Å². The molecule has 0 aliphatic heterocycles. The molecule has 0 atom stereocenters. The van der Waals surface area contributed by atoms with E-state index < -0.39 is 0 Å². The Kier molecular flexibility index (Phi) is 7.33. The molecule has 1 saturated carbocycles. The first kappa shape index (κ1) is 18.7. The first-order valence-electron chi connectivity index (χ1n) is 6.81. The number of carbonyl (C=O) groups excluding carboxylic acids is 1. The zero-order valence-electron chi connectivity index (χ0n) is 12.7. The van der Waals surface area contributed by atoms with Gasteiger partial charge in [0.15, 0.2) is 0 Å². The van der Waals surface area contributed by atoms with Crippen LogP contribution in [0.3, 0.4) is 0 Å². The first-order chi connectivity index (χ1) is 8.37. The summed E-state index contributed by atoms with van der Waals surface area (Å²) in [6, 6.07) is 0. The molecule has 0 aromatic heterocycles. The lowest BCUT2D eigenvalue weighted by molar-refractivity contribution is -0.148. The third kappa shape index (κ3) is 4.62. The third-order valence-corrected chi connectivity index (χ3v) is 4.11. The Bertz CT molecular complexity index is 291. The van der Waals surface area contributed by atoms with Gasteiger partial charge >= 0.3 is 0 Å². The fraction of sp³-hybridized carbons (Fsp3) is 0.929. The summed E-state index contributed by atoms with van der Waals surface area (Å²) in [4.78, 5) is 14.4. The van der Waals surface area contributed by atoms with Crippen molar-refractivity contribution in [2.24, 2.45) is 16.6 Å². The van der Waals surface area contributed by atoms with E-state index in [1.54, 1.807) is 7.11 Å². The van der Waals surface area contributed by atoms with Gasteiger partial charge < -0.3 is 15.4 Å². The van der Waals surface area contributed by atoms with E-state index in [2.05, 4.69) is 13.8 Å². The van der Waals surface area contributed by atoms with Gasteiger partial charge in [-0.2, -0.15) is 0 Å². The number of nitrogens with zero attached hydrogens (tertiary/aromatic N) is 1. The van der Waals surface area contributed by atoms with Crippen LogP contribution in [0.2, 0.25) is 0 Å². The molecule has 0 aromatic rings. The highest BCUT2D eigenvalue weighted by molar-refractivity contribution is 5.85. The van der Waals surface area contributed by atoms with E-state index >= 15 is 0 Å². The van der Waals surface area contributed by atoms with E-state index in [1.165, 1.54) is 0 Å². The van der Waals surface area contributed by atoms with Gasteiger partial charge in [-0.1, -0.05) is 20.3 Å². The number of amides is 1. The number of ether oxygens (including phenoxy) is 1. The number of halogens is 1. The second kappa shape index (κ2) is 7.46. The Morgan fingerprint density at radius 2 is 2.00 bits per heavy atom. The quantitative estimate of drug-likeness (QED) is 0.781. The Morgan fingerprint density at radius 3 is 2.37 bits per heavy atom. The molecular weight excluding hydrogens is 264 g/mol. The molecule has 0 aromatic carbocycles. The average molecular weight is 293 g/mol. The summed E-state index contributed by atoms with van der Waals surface area (Å²) in [6.07, 6.45) is 4.00. The van der Waals surface area contributed by atoms with E-state index in [-0.39, 0.29) is 29.1 Å². The molecule has 0 saturated heterocycles. The molecule has 1 rings (SSSR count). The van der Waals surface area contributed by atoms with E-state index in [0.29, 0.717) is 13.2 Å². The molecule has 0 radical (unpaired) electrons. The standard InChI is InChI=1S/C14H28N2O2.ClH/c1-13(2,10-15)11-16(3)12(17)14(6-5-7-14)8-9-18-4;/h5-11,15H2,1-4H3;1H. The van der Waals surface area contributed by atoms with Crippen LogP contribution in [0.15, 0.2) is 0 Å². The van der Waals surface area contributed by atoms with Crippen molar-refractivity contribution < 1.29 is 9.53 Å². The van der Waals surface area contributed by atoms with Gasteiger partial charge in [-0.15, -0.1) is 12.4 Å². The number of nitrogens with two attached hydrogens (primary N) is 1. The van der Waals surface area contributed by atoms with Crippen molar-refractivity contribution in [2.45, 2.75) is 39.5 Å². The Labute approximate surface area is 123 Å². The van der Waals surface area contributed by atoms with Crippen LogP contribution in [0.1, 0.15) is 39.5 Å². The number of carbonyl (C=O) groups is 1. The molecule has 114 valence electrons. The molecule has 1 fully saturated rings. The highest BCUT2D eigenvalue weighted by Crippen LogP contribution is 2.45. The van der Waals surface area contributed by atoms with Crippen LogP contribution >= 0.6 is 12.4 Å². The number of methoxy groups -OCH3 is 1. The normalized spacial score (nSPS) is 17.3. The zero-order valence-corrected chi connectivity index (χ0v) is 13.5. The van der Waals surface area contributed by atoms with Crippen LogP contribution in [0.4, 0.5) is 0 Å². The first-order valence-corrected chi connectivity index (χ1v) is 6.81. The lowest BCUT2D eigenvalue weighted by Gasteiger charge is -2.44. The number of hydrogen-bond acceptors (Lipinski definition) is 3. The smallest absolute Gasteiger partial charge is 0.228 e. The third-order valence-electron chi connectivity index (χ3n) is 4.11. The molecule has 0 spiro atoms. The van der Waals surface area contributed by atoms with Gasteiger partial charge in [0.05, 0.1) is 5.41 Å². The molecule has 0 heterocycles. The maximum Gasteiger partial charge on any atom is 0.228 e. The van der Waals surface area contributed by atoms with Gasteiger partial charge in [0.25, 0.3) is 0 Å². The second-order valence-corrected chi connectivity index (χ2v) is 6.41. The van der Waals surface area contributed by atoms with Crippen LogP contribution in [-0.2, 0) is 9.53 Å². The van der Waals surface area contributed by atoms with E-state index in [0.717, 1.165) is 32.2 Å². The fourth-order valence-electron chi connectivity index (χ4n) is 2.66. The molecule has 1 aliphatic rings. The van der Waals surface area contributed by atoms with Gasteiger partial charge in [-0.05, 0) is 31.2 Å². The summed E-state index contributed by atoms with van der Waals surface area (Å²) >= 11 is 0. The molecule has 0 bridgehead atoms. The van der Waals surface area contributed by atoms with Gasteiger partial charge in [-0.25, -0.2) is 0 Å². The van der Waals surface area contributed by atoms with Crippen molar-refractivity contribution in [1.29, 1.82) is 0 Å². The number of rotatable bonds is 7. The number of hydrogen-bond donors (Lipinski definition) is 1. The minimum Gasteiger partial charge on any atom is -0.385 e. The fourth-order valence-corrected chi connectivity index (χ4v) is 2.66. The summed E-state index contributed by atoms with van der Waals surface area (Å²) in [5.41, 5.74) is 5.56. The van der Waals surface area contributed by atoms with Crippen LogP contribution in [0.25, 0.3) is 0 Å². The van der Waals surface area contributed by atoms with Crippen molar-refractivity contribution in [3.8, 4) is 0 Å². The van der Waals surface area contributed by atoms with Crippen molar-refractivity contribution in [3.63, 3.8) is 0 Å². The Morgan fingerprint density at radius 1 is 1.42 bits per heavy atom. The molecule has 1 aliphatic carbocycles. The summed E-state index contributed by atoms with van der Waals surface area (Å²) in [7, 11) is 3.59. The Balaban J connectivity index is 0.00000324. The summed E-state index contributed by atoms with van der Waals surface area (Å²) < 4.78 is 5.13. The molecule has 4 nitrogen and oxygen atoms in total. The summed E-state index contributed by atoms with van der Waals surface area (Å²) in [6.45, 7) is 6.17. The van der Waals surface area contributed by atoms with E-state index in [1.807, 2.05) is 11.9 Å². The summed E-state index contributed by atoms with van der Waals surface area (Å²) in [5.74, 6) is 0.271. The minimum absolute atomic E-state index is 0. The SMILES string of the molecule is COCCC1(C(=O)N(C)CC(C)(C)CN)CCC1.Cl. The maximum absolute atomic E-state index is 12.6. The molecule has 5 heteroatoms. The largest absolute Gasteiger partial charge is 0.385 e. The minimum atomic E-state index is -0.157. The van der Waals surface area contributed by atoms with Gasteiger partial charge in [0.1, 0.15) is 0 Å². The molecular formula is C14H29ClN2O2. The predicted molar refractivity (Wildman–Crippen MR) is 80.5 cm³/mol. The van der Waals surface area contributed by atoms with Crippen LogP contribution in [0.5, 0.6) is 0 Å². The van der Waals surface area contributed by atoms with Gasteiger partial charge in [-0.3, -0.25) is 4.79 Å².